The number of benzene rings is 1. The van der Waals surface area contributed by atoms with Crippen LogP contribution in [0.5, 0.6) is 5.75 Å². The summed E-state index contributed by atoms with van der Waals surface area (Å²) in [6, 6.07) is 7.47. The Morgan fingerprint density at radius 2 is 1.95 bits per heavy atom. The molecule has 0 spiro atoms. The Morgan fingerprint density at radius 3 is 2.32 bits per heavy atom. The van der Waals surface area contributed by atoms with Gasteiger partial charge >= 0.3 is 0 Å². The van der Waals surface area contributed by atoms with E-state index in [0.717, 1.165) is 23.1 Å². The second-order valence-electron chi connectivity index (χ2n) is 4.47. The molecule has 2 N–H and O–H groups in total. The third-order valence-corrected chi connectivity index (χ3v) is 2.52. The SMILES string of the molecule is Br.CCC[N+](C)(C)c1cccc(O)c1.CNC(=O)[O-]. The Kier molecular flexibility index (Phi) is 10.2. The fourth-order valence-corrected chi connectivity index (χ4v) is 1.56. The molecule has 1 rings (SSSR count). The first-order chi connectivity index (χ1) is 8.33. The average Bonchev–Trinajstić information content (AvgIpc) is 2.29. The molecular formula is C13H23BrN2O3. The van der Waals surface area contributed by atoms with Gasteiger partial charge in [-0.1, -0.05) is 13.0 Å². The van der Waals surface area contributed by atoms with Gasteiger partial charge in [0.15, 0.2) is 0 Å². The van der Waals surface area contributed by atoms with E-state index in [0.29, 0.717) is 5.75 Å². The van der Waals surface area contributed by atoms with Crippen molar-refractivity contribution >= 4 is 28.8 Å². The van der Waals surface area contributed by atoms with Crippen LogP contribution < -0.4 is 14.9 Å². The quantitative estimate of drug-likeness (QED) is 0.822. The maximum absolute atomic E-state index is 9.33. The molecule has 0 unspecified atom stereocenters. The highest BCUT2D eigenvalue weighted by Gasteiger charge is 2.17. The molecule has 19 heavy (non-hydrogen) atoms. The van der Waals surface area contributed by atoms with E-state index in [1.807, 2.05) is 17.4 Å². The van der Waals surface area contributed by atoms with Gasteiger partial charge < -0.3 is 20.3 Å². The van der Waals surface area contributed by atoms with Crippen molar-refractivity contribution in [3.8, 4) is 5.75 Å². The summed E-state index contributed by atoms with van der Waals surface area (Å²) in [6.07, 6.45) is -0.104. The van der Waals surface area contributed by atoms with E-state index in [9.17, 15) is 5.11 Å². The van der Waals surface area contributed by atoms with Crippen molar-refractivity contribution in [3.63, 3.8) is 0 Å². The number of phenolic OH excluding ortho intramolecular Hbond substituents is 1. The van der Waals surface area contributed by atoms with Crippen LogP contribution in [-0.4, -0.2) is 38.9 Å². The Hall–Kier alpha value is -1.27. The molecule has 0 atom stereocenters. The van der Waals surface area contributed by atoms with Gasteiger partial charge in [-0.15, -0.1) is 17.0 Å². The summed E-state index contributed by atoms with van der Waals surface area (Å²) >= 11 is 0. The summed E-state index contributed by atoms with van der Waals surface area (Å²) < 4.78 is 0.824. The van der Waals surface area contributed by atoms with E-state index in [2.05, 4.69) is 27.1 Å². The fraction of sp³-hybridized carbons (Fsp3) is 0.462. The lowest BCUT2D eigenvalue weighted by Gasteiger charge is -2.28. The number of phenols is 1. The van der Waals surface area contributed by atoms with Crippen molar-refractivity contribution in [2.45, 2.75) is 13.3 Å². The van der Waals surface area contributed by atoms with E-state index in [4.69, 9.17) is 9.90 Å². The number of carboxylic acid groups (broad SMARTS) is 1. The number of hydrogen-bond donors (Lipinski definition) is 2. The topological polar surface area (TPSA) is 72.4 Å². The maximum atomic E-state index is 9.33. The van der Waals surface area contributed by atoms with Gasteiger partial charge in [0.25, 0.3) is 0 Å². The maximum Gasteiger partial charge on any atom is 0.136 e. The lowest BCUT2D eigenvalue weighted by molar-refractivity contribution is -0.250. The molecule has 0 aliphatic carbocycles. The number of amides is 1. The minimum atomic E-state index is -1.25. The molecule has 1 amide bonds. The van der Waals surface area contributed by atoms with E-state index in [1.54, 1.807) is 6.07 Å². The molecule has 0 heterocycles. The molecule has 1 aromatic carbocycles. The highest BCUT2D eigenvalue weighted by molar-refractivity contribution is 8.93. The van der Waals surface area contributed by atoms with Gasteiger partial charge in [-0.3, -0.25) is 4.48 Å². The summed E-state index contributed by atoms with van der Waals surface area (Å²) in [4.78, 5) is 9.15. The summed E-state index contributed by atoms with van der Waals surface area (Å²) in [7, 11) is 5.59. The molecule has 1 aromatic rings. The lowest BCUT2D eigenvalue weighted by Crippen LogP contribution is -2.40. The van der Waals surface area contributed by atoms with Crippen LogP contribution in [-0.2, 0) is 0 Å². The number of hydrogen-bond acceptors (Lipinski definition) is 3. The Morgan fingerprint density at radius 1 is 1.42 bits per heavy atom. The largest absolute Gasteiger partial charge is 0.530 e. The van der Waals surface area contributed by atoms with Gasteiger partial charge in [-0.05, 0) is 18.6 Å². The summed E-state index contributed by atoms with van der Waals surface area (Å²) in [5.74, 6) is 0.347. The fourth-order valence-electron chi connectivity index (χ4n) is 1.56. The third-order valence-electron chi connectivity index (χ3n) is 2.52. The number of aromatic hydroxyl groups is 1. The van der Waals surface area contributed by atoms with Crippen molar-refractivity contribution < 1.29 is 15.0 Å². The van der Waals surface area contributed by atoms with Gasteiger partial charge in [0.1, 0.15) is 17.5 Å². The smallest absolute Gasteiger partial charge is 0.136 e. The van der Waals surface area contributed by atoms with Crippen molar-refractivity contribution in [1.82, 2.24) is 9.80 Å². The van der Waals surface area contributed by atoms with Crippen LogP contribution in [0.2, 0.25) is 0 Å². The van der Waals surface area contributed by atoms with Crippen molar-refractivity contribution in [2.24, 2.45) is 0 Å². The highest BCUT2D eigenvalue weighted by atomic mass is 79.9. The van der Waals surface area contributed by atoms with E-state index < -0.39 is 6.09 Å². The molecule has 0 saturated heterocycles. The molecular weight excluding hydrogens is 312 g/mol. The van der Waals surface area contributed by atoms with Gasteiger partial charge in [0.05, 0.1) is 20.6 Å². The average molecular weight is 335 g/mol. The zero-order valence-corrected chi connectivity index (χ0v) is 13.6. The lowest BCUT2D eigenvalue weighted by atomic mass is 10.2. The van der Waals surface area contributed by atoms with Gasteiger partial charge in [-0.25, -0.2) is 0 Å². The standard InChI is InChI=1S/C11H17NO.C2H5NO2.BrH/c1-4-8-12(2,3)10-6-5-7-11(13)9-10;1-3-2(4)5;/h5-7,9H,4,8H2,1-3H3;3H,1H3,(H,4,5);1H. The first kappa shape index (κ1) is 20.1. The molecule has 110 valence electrons. The Bertz CT molecular complexity index is 384. The van der Waals surface area contributed by atoms with Crippen LogP contribution in [0.4, 0.5) is 10.5 Å². The molecule has 6 heteroatoms. The molecule has 0 aromatic heterocycles. The second kappa shape index (κ2) is 9.63. The number of carbonyl (C=O) groups is 1. The second-order valence-corrected chi connectivity index (χ2v) is 4.47. The molecule has 0 saturated carbocycles. The monoisotopic (exact) mass is 334 g/mol. The number of carbonyl (C=O) groups excluding carboxylic acids is 1. The normalized spacial score (nSPS) is 9.68. The van der Waals surface area contributed by atoms with Crippen molar-refractivity contribution in [2.75, 3.05) is 27.7 Å². The van der Waals surface area contributed by atoms with Crippen molar-refractivity contribution in [1.29, 1.82) is 0 Å². The highest BCUT2D eigenvalue weighted by Crippen LogP contribution is 2.23. The summed E-state index contributed by atoms with van der Waals surface area (Å²) in [5.41, 5.74) is 1.15. The number of quaternary nitrogens is 1. The zero-order valence-electron chi connectivity index (χ0n) is 11.8. The van der Waals surface area contributed by atoms with Crippen LogP contribution in [0.1, 0.15) is 13.3 Å². The van der Waals surface area contributed by atoms with Gasteiger partial charge in [0, 0.05) is 13.1 Å². The van der Waals surface area contributed by atoms with Gasteiger partial charge in [-0.2, -0.15) is 0 Å². The van der Waals surface area contributed by atoms with E-state index in [1.165, 1.54) is 7.05 Å². The summed E-state index contributed by atoms with van der Waals surface area (Å²) in [5, 5.41) is 20.3. The molecule has 0 bridgehead atoms. The number of halogens is 1. The van der Waals surface area contributed by atoms with Crippen LogP contribution in [0.3, 0.4) is 0 Å². The first-order valence-corrected chi connectivity index (χ1v) is 5.84. The zero-order chi connectivity index (χ0) is 14.2. The minimum absolute atomic E-state index is 0. The van der Waals surface area contributed by atoms with Crippen LogP contribution in [0.25, 0.3) is 0 Å². The van der Waals surface area contributed by atoms with Crippen LogP contribution >= 0.6 is 17.0 Å². The number of nitrogens with one attached hydrogen (secondary N) is 1. The van der Waals surface area contributed by atoms with E-state index in [-0.39, 0.29) is 17.0 Å². The van der Waals surface area contributed by atoms with Crippen LogP contribution in [0.15, 0.2) is 24.3 Å². The summed E-state index contributed by atoms with van der Waals surface area (Å²) in [6.45, 7) is 3.26. The molecule has 0 aliphatic rings. The molecule has 0 fully saturated rings. The van der Waals surface area contributed by atoms with E-state index >= 15 is 0 Å². The minimum Gasteiger partial charge on any atom is -0.530 e. The van der Waals surface area contributed by atoms with Crippen molar-refractivity contribution in [3.05, 3.63) is 24.3 Å². The predicted molar refractivity (Wildman–Crippen MR) is 81.7 cm³/mol. The van der Waals surface area contributed by atoms with Gasteiger partial charge in [0.2, 0.25) is 0 Å². The number of rotatable bonds is 3. The number of nitrogens with zero attached hydrogens (tertiary/aromatic N) is 1. The molecule has 5 nitrogen and oxygen atoms in total. The Labute approximate surface area is 125 Å². The Balaban J connectivity index is 0. The van der Waals surface area contributed by atoms with Crippen LogP contribution in [0, 0.1) is 0 Å². The third kappa shape index (κ3) is 8.45. The first-order valence-electron chi connectivity index (χ1n) is 5.84. The predicted octanol–water partition coefficient (Wildman–Crippen LogP) is 1.50. The molecule has 0 aliphatic heterocycles. The molecule has 0 radical (unpaired) electrons.